The number of β-amino-alcohol motifs (C(OH)–C–C–N with tert-alkyl or cyclic N) is 1. The number of piperidine rings is 1. The second kappa shape index (κ2) is 7.87. The number of fused-ring (bicyclic) bond motifs is 1. The minimum Gasteiger partial charge on any atom is -0.391 e. The molecule has 0 aliphatic carbocycles. The van der Waals surface area contributed by atoms with Crippen molar-refractivity contribution in [2.75, 3.05) is 18.4 Å². The zero-order chi connectivity index (χ0) is 20.7. The Morgan fingerprint density at radius 3 is 2.86 bits per heavy atom. The fourth-order valence-corrected chi connectivity index (χ4v) is 5.58. The number of aliphatic hydroxyl groups excluding tert-OH is 1. The van der Waals surface area contributed by atoms with Crippen molar-refractivity contribution in [2.24, 2.45) is 5.92 Å². The zero-order valence-corrected chi connectivity index (χ0v) is 17.3. The molecule has 3 aliphatic heterocycles. The summed E-state index contributed by atoms with van der Waals surface area (Å²) in [5.74, 6) is 0.128. The lowest BCUT2D eigenvalue weighted by atomic mass is 9.98. The van der Waals surface area contributed by atoms with E-state index in [0.29, 0.717) is 19.4 Å². The van der Waals surface area contributed by atoms with Gasteiger partial charge in [-0.1, -0.05) is 19.1 Å². The van der Waals surface area contributed by atoms with Gasteiger partial charge in [0.15, 0.2) is 0 Å². The van der Waals surface area contributed by atoms with E-state index in [0.717, 1.165) is 16.8 Å². The van der Waals surface area contributed by atoms with Gasteiger partial charge in [0.2, 0.25) is 11.8 Å². The number of likely N-dealkylation sites (tertiary alicyclic amines) is 1. The van der Waals surface area contributed by atoms with Gasteiger partial charge in [0.25, 0.3) is 0 Å². The Morgan fingerprint density at radius 1 is 1.28 bits per heavy atom. The molecule has 4 N–H and O–H groups in total. The third kappa shape index (κ3) is 4.06. The van der Waals surface area contributed by atoms with Crippen molar-refractivity contribution in [1.29, 1.82) is 0 Å². The second-order valence-electron chi connectivity index (χ2n) is 8.07. The van der Waals surface area contributed by atoms with Crippen LogP contribution in [0.5, 0.6) is 0 Å². The number of nitrogens with one attached hydrogen (secondary N) is 3. The van der Waals surface area contributed by atoms with E-state index in [-0.39, 0.29) is 41.7 Å². The van der Waals surface area contributed by atoms with Crippen LogP contribution < -0.4 is 16.0 Å². The Kier molecular flexibility index (Phi) is 5.44. The number of carbonyl (C=O) groups excluding carboxylic acids is 3. The summed E-state index contributed by atoms with van der Waals surface area (Å²) in [5.41, 5.74) is 2.69. The first-order valence-corrected chi connectivity index (χ1v) is 10.9. The summed E-state index contributed by atoms with van der Waals surface area (Å²) >= 11 is 1.42. The number of carbonyl (C=O) groups is 3. The van der Waals surface area contributed by atoms with Crippen molar-refractivity contribution in [3.05, 3.63) is 29.3 Å². The molecule has 3 unspecified atom stereocenters. The highest BCUT2D eigenvalue weighted by Crippen LogP contribution is 2.35. The summed E-state index contributed by atoms with van der Waals surface area (Å²) in [7, 11) is 0. The molecular weight excluding hydrogens is 392 g/mol. The Labute approximate surface area is 173 Å². The number of hydrogen-bond donors (Lipinski definition) is 4. The van der Waals surface area contributed by atoms with Crippen LogP contribution in [-0.4, -0.2) is 57.7 Å². The van der Waals surface area contributed by atoms with E-state index >= 15 is 0 Å². The van der Waals surface area contributed by atoms with Crippen LogP contribution >= 0.6 is 11.8 Å². The van der Waals surface area contributed by atoms with Gasteiger partial charge in [0.1, 0.15) is 0 Å². The minimum absolute atomic E-state index is 0.0242. The molecule has 156 valence electrons. The standard InChI is InChI=1S/C20H26N4O4S/c1-10-8-21-20(28)23-18(10)29-16-7-14(25)9-24(19(16)27)11(2)12-3-4-15-13(5-12)6-17(26)22-15/h3-5,10-11,14,16,18,25H,6-9H2,1-2H3,(H,22,26)(H2,21,23,28)/t10?,11-,14?,16+,18?/m1/s1. The Hall–Kier alpha value is -2.26. The summed E-state index contributed by atoms with van der Waals surface area (Å²) in [6.07, 6.45) is 0.109. The summed E-state index contributed by atoms with van der Waals surface area (Å²) in [6.45, 7) is 4.81. The topological polar surface area (TPSA) is 111 Å². The molecule has 4 rings (SSSR count). The Morgan fingerprint density at radius 2 is 2.07 bits per heavy atom. The van der Waals surface area contributed by atoms with Crippen molar-refractivity contribution < 1.29 is 19.5 Å². The highest BCUT2D eigenvalue weighted by molar-refractivity contribution is 8.01. The molecule has 29 heavy (non-hydrogen) atoms. The van der Waals surface area contributed by atoms with Gasteiger partial charge in [0, 0.05) is 24.7 Å². The van der Waals surface area contributed by atoms with Gasteiger partial charge in [0.05, 0.1) is 29.2 Å². The van der Waals surface area contributed by atoms with Gasteiger partial charge in [-0.15, -0.1) is 11.8 Å². The van der Waals surface area contributed by atoms with Crippen molar-refractivity contribution in [2.45, 2.75) is 49.5 Å². The number of amides is 4. The highest BCUT2D eigenvalue weighted by Gasteiger charge is 2.40. The first-order chi connectivity index (χ1) is 13.8. The molecule has 0 aromatic heterocycles. The van der Waals surface area contributed by atoms with E-state index in [4.69, 9.17) is 0 Å². The SMILES string of the molecule is CC1CNC(=O)NC1S[C@H]1CC(O)CN([C@H](C)c2ccc3c(c2)CC(=O)N3)C1=O. The van der Waals surface area contributed by atoms with Gasteiger partial charge >= 0.3 is 6.03 Å². The minimum atomic E-state index is -0.613. The second-order valence-corrected chi connectivity index (χ2v) is 9.42. The molecule has 4 amide bonds. The van der Waals surface area contributed by atoms with Crippen LogP contribution in [0.3, 0.4) is 0 Å². The van der Waals surface area contributed by atoms with Crippen molar-refractivity contribution in [3.8, 4) is 0 Å². The van der Waals surface area contributed by atoms with Gasteiger partial charge in [-0.3, -0.25) is 9.59 Å². The predicted octanol–water partition coefficient (Wildman–Crippen LogP) is 1.21. The average molecular weight is 419 g/mol. The molecule has 2 saturated heterocycles. The summed E-state index contributed by atoms with van der Waals surface area (Å²) in [6, 6.07) is 5.30. The van der Waals surface area contributed by atoms with Crippen LogP contribution in [-0.2, 0) is 16.0 Å². The molecule has 1 aromatic carbocycles. The highest BCUT2D eigenvalue weighted by atomic mass is 32.2. The third-order valence-electron chi connectivity index (χ3n) is 5.84. The summed E-state index contributed by atoms with van der Waals surface area (Å²) < 4.78 is 0. The van der Waals surface area contributed by atoms with E-state index < -0.39 is 11.4 Å². The van der Waals surface area contributed by atoms with Crippen LogP contribution in [0, 0.1) is 5.92 Å². The van der Waals surface area contributed by atoms with Gasteiger partial charge in [-0.2, -0.15) is 0 Å². The Bertz CT molecular complexity index is 848. The largest absolute Gasteiger partial charge is 0.391 e. The van der Waals surface area contributed by atoms with Gasteiger partial charge in [-0.05, 0) is 30.5 Å². The van der Waals surface area contributed by atoms with E-state index in [9.17, 15) is 19.5 Å². The molecule has 2 fully saturated rings. The predicted molar refractivity (Wildman–Crippen MR) is 110 cm³/mol. The van der Waals surface area contributed by atoms with Crippen molar-refractivity contribution in [1.82, 2.24) is 15.5 Å². The molecule has 0 spiro atoms. The molecule has 0 bridgehead atoms. The number of aliphatic hydroxyl groups is 1. The van der Waals surface area contributed by atoms with E-state index in [1.54, 1.807) is 4.90 Å². The van der Waals surface area contributed by atoms with Crippen LogP contribution in [0.1, 0.15) is 37.4 Å². The third-order valence-corrected chi connectivity index (χ3v) is 7.44. The molecule has 0 radical (unpaired) electrons. The summed E-state index contributed by atoms with van der Waals surface area (Å²) in [4.78, 5) is 38.2. The molecule has 0 saturated carbocycles. The maximum absolute atomic E-state index is 13.2. The quantitative estimate of drug-likeness (QED) is 0.588. The van der Waals surface area contributed by atoms with Crippen LogP contribution in [0.15, 0.2) is 18.2 Å². The van der Waals surface area contributed by atoms with E-state index in [2.05, 4.69) is 16.0 Å². The summed E-state index contributed by atoms with van der Waals surface area (Å²) in [5, 5.41) is 18.3. The fourth-order valence-electron chi connectivity index (χ4n) is 4.10. The number of benzene rings is 1. The maximum atomic E-state index is 13.2. The molecule has 9 heteroatoms. The first-order valence-electron chi connectivity index (χ1n) is 9.93. The number of nitrogens with zero attached hydrogens (tertiary/aromatic N) is 1. The number of rotatable bonds is 4. The zero-order valence-electron chi connectivity index (χ0n) is 16.5. The van der Waals surface area contributed by atoms with Gasteiger partial charge < -0.3 is 26.0 Å². The number of hydrogen-bond acceptors (Lipinski definition) is 5. The smallest absolute Gasteiger partial charge is 0.315 e. The lowest BCUT2D eigenvalue weighted by Crippen LogP contribution is -2.55. The Balaban J connectivity index is 1.50. The normalized spacial score (nSPS) is 30.3. The van der Waals surface area contributed by atoms with Crippen LogP contribution in [0.4, 0.5) is 10.5 Å². The van der Waals surface area contributed by atoms with Crippen LogP contribution in [0.25, 0.3) is 0 Å². The average Bonchev–Trinajstić information content (AvgIpc) is 3.05. The van der Waals surface area contributed by atoms with Crippen molar-refractivity contribution in [3.63, 3.8) is 0 Å². The van der Waals surface area contributed by atoms with E-state index in [1.807, 2.05) is 32.0 Å². The molecular formula is C20H26N4O4S. The van der Waals surface area contributed by atoms with Crippen molar-refractivity contribution >= 4 is 35.3 Å². The van der Waals surface area contributed by atoms with Crippen LogP contribution in [0.2, 0.25) is 0 Å². The lowest BCUT2D eigenvalue weighted by Gasteiger charge is -2.41. The maximum Gasteiger partial charge on any atom is 0.315 e. The molecule has 3 heterocycles. The molecule has 8 nitrogen and oxygen atoms in total. The fraction of sp³-hybridized carbons (Fsp3) is 0.550. The molecule has 3 aliphatic rings. The number of thioether (sulfide) groups is 1. The number of urea groups is 1. The lowest BCUT2D eigenvalue weighted by molar-refractivity contribution is -0.138. The number of anilines is 1. The monoisotopic (exact) mass is 418 g/mol. The first kappa shape index (κ1) is 20.0. The molecule has 1 aromatic rings. The van der Waals surface area contributed by atoms with Gasteiger partial charge in [-0.25, -0.2) is 4.79 Å². The molecule has 5 atom stereocenters. The van der Waals surface area contributed by atoms with E-state index in [1.165, 1.54) is 11.8 Å².